The Morgan fingerprint density at radius 1 is 1.33 bits per heavy atom. The van der Waals surface area contributed by atoms with Gasteiger partial charge in [-0.2, -0.15) is 0 Å². The van der Waals surface area contributed by atoms with E-state index < -0.39 is 0 Å². The molecule has 1 aliphatic carbocycles. The highest BCUT2D eigenvalue weighted by Gasteiger charge is 2.34. The second-order valence-corrected chi connectivity index (χ2v) is 6.93. The lowest BCUT2D eigenvalue weighted by molar-refractivity contribution is -0.0579. The molecule has 0 aromatic rings. The first-order chi connectivity index (χ1) is 8.29. The molecule has 1 N–H and O–H groups in total. The molecule has 108 valence electrons. The molecule has 0 bridgehead atoms. The Balaban J connectivity index is 2.42. The SMILES string of the molecule is CNC1CCC(C)(C)CC1OCCC(C)(C)OC. The van der Waals surface area contributed by atoms with Crippen LogP contribution in [0.25, 0.3) is 0 Å². The largest absolute Gasteiger partial charge is 0.379 e. The predicted octanol–water partition coefficient (Wildman–Crippen LogP) is 2.98. The molecule has 0 saturated heterocycles. The summed E-state index contributed by atoms with van der Waals surface area (Å²) < 4.78 is 11.5. The number of rotatable bonds is 6. The first-order valence-corrected chi connectivity index (χ1v) is 7.14. The van der Waals surface area contributed by atoms with E-state index >= 15 is 0 Å². The van der Waals surface area contributed by atoms with Crippen molar-refractivity contribution in [3.63, 3.8) is 0 Å². The summed E-state index contributed by atoms with van der Waals surface area (Å²) in [7, 11) is 3.80. The van der Waals surface area contributed by atoms with E-state index in [1.165, 1.54) is 12.8 Å². The first-order valence-electron chi connectivity index (χ1n) is 7.14. The highest BCUT2D eigenvalue weighted by molar-refractivity contribution is 4.89. The Bertz CT molecular complexity index is 251. The summed E-state index contributed by atoms with van der Waals surface area (Å²) in [6, 6.07) is 0.503. The summed E-state index contributed by atoms with van der Waals surface area (Å²) in [4.78, 5) is 0. The standard InChI is InChI=1S/C15H31NO2/c1-14(2)8-7-12(16-5)13(11-14)18-10-9-15(3,4)17-6/h12-13,16H,7-11H2,1-6H3. The van der Waals surface area contributed by atoms with Gasteiger partial charge in [-0.25, -0.2) is 0 Å². The zero-order valence-electron chi connectivity index (χ0n) is 13.0. The van der Waals surface area contributed by atoms with Crippen LogP contribution in [0.4, 0.5) is 0 Å². The van der Waals surface area contributed by atoms with E-state index in [-0.39, 0.29) is 5.60 Å². The van der Waals surface area contributed by atoms with Crippen LogP contribution in [-0.2, 0) is 9.47 Å². The van der Waals surface area contributed by atoms with Crippen LogP contribution < -0.4 is 5.32 Å². The number of hydrogen-bond acceptors (Lipinski definition) is 3. The maximum absolute atomic E-state index is 6.12. The molecule has 3 nitrogen and oxygen atoms in total. The van der Waals surface area contributed by atoms with Gasteiger partial charge >= 0.3 is 0 Å². The number of hydrogen-bond donors (Lipinski definition) is 1. The zero-order chi connectivity index (χ0) is 13.8. The van der Waals surface area contributed by atoms with Gasteiger partial charge in [0.25, 0.3) is 0 Å². The molecule has 0 radical (unpaired) electrons. The van der Waals surface area contributed by atoms with Crippen molar-refractivity contribution >= 4 is 0 Å². The second kappa shape index (κ2) is 6.36. The van der Waals surface area contributed by atoms with Crippen molar-refractivity contribution in [3.05, 3.63) is 0 Å². The normalized spacial score (nSPS) is 28.3. The lowest BCUT2D eigenvalue weighted by atomic mass is 9.74. The van der Waals surface area contributed by atoms with E-state index in [1.807, 2.05) is 7.05 Å². The molecule has 1 fully saturated rings. The van der Waals surface area contributed by atoms with Crippen molar-refractivity contribution in [2.24, 2.45) is 5.41 Å². The molecular formula is C15H31NO2. The van der Waals surface area contributed by atoms with Gasteiger partial charge in [0.15, 0.2) is 0 Å². The van der Waals surface area contributed by atoms with Crippen LogP contribution in [-0.4, -0.2) is 38.5 Å². The van der Waals surface area contributed by atoms with Gasteiger partial charge in [-0.1, -0.05) is 13.8 Å². The highest BCUT2D eigenvalue weighted by Crippen LogP contribution is 2.36. The quantitative estimate of drug-likeness (QED) is 0.793. The van der Waals surface area contributed by atoms with Crippen LogP contribution in [0.1, 0.15) is 53.4 Å². The average molecular weight is 257 g/mol. The maximum Gasteiger partial charge on any atom is 0.0733 e. The molecule has 2 atom stereocenters. The molecular weight excluding hydrogens is 226 g/mol. The fraction of sp³-hybridized carbons (Fsp3) is 1.00. The van der Waals surface area contributed by atoms with Crippen molar-refractivity contribution < 1.29 is 9.47 Å². The van der Waals surface area contributed by atoms with Crippen molar-refractivity contribution in [1.82, 2.24) is 5.32 Å². The molecule has 2 unspecified atom stereocenters. The molecule has 0 spiro atoms. The Hall–Kier alpha value is -0.120. The molecule has 3 heteroatoms. The topological polar surface area (TPSA) is 30.5 Å². The van der Waals surface area contributed by atoms with Crippen LogP contribution in [0.3, 0.4) is 0 Å². The minimum absolute atomic E-state index is 0.0840. The third-order valence-corrected chi connectivity index (χ3v) is 4.29. The van der Waals surface area contributed by atoms with Gasteiger partial charge in [0.2, 0.25) is 0 Å². The highest BCUT2D eigenvalue weighted by atomic mass is 16.5. The van der Waals surface area contributed by atoms with E-state index in [0.29, 0.717) is 17.6 Å². The van der Waals surface area contributed by atoms with E-state index in [4.69, 9.17) is 9.47 Å². The maximum atomic E-state index is 6.12. The molecule has 0 aliphatic heterocycles. The third-order valence-electron chi connectivity index (χ3n) is 4.29. The molecule has 0 amide bonds. The van der Waals surface area contributed by atoms with Gasteiger partial charge in [0, 0.05) is 19.8 Å². The van der Waals surface area contributed by atoms with Gasteiger partial charge in [0.1, 0.15) is 0 Å². The van der Waals surface area contributed by atoms with E-state index in [1.54, 1.807) is 7.11 Å². The second-order valence-electron chi connectivity index (χ2n) is 6.93. The van der Waals surface area contributed by atoms with Crippen molar-refractivity contribution in [1.29, 1.82) is 0 Å². The zero-order valence-corrected chi connectivity index (χ0v) is 13.0. The minimum Gasteiger partial charge on any atom is -0.379 e. The Labute approximate surface area is 113 Å². The summed E-state index contributed by atoms with van der Waals surface area (Å²) in [5.41, 5.74) is 0.327. The van der Waals surface area contributed by atoms with Crippen LogP contribution in [0.2, 0.25) is 0 Å². The number of ether oxygens (including phenoxy) is 2. The summed E-state index contributed by atoms with van der Waals surface area (Å²) in [6.07, 6.45) is 4.92. The van der Waals surface area contributed by atoms with Gasteiger partial charge in [-0.15, -0.1) is 0 Å². The Morgan fingerprint density at radius 2 is 2.00 bits per heavy atom. The van der Waals surface area contributed by atoms with Gasteiger partial charge in [0.05, 0.1) is 11.7 Å². The summed E-state index contributed by atoms with van der Waals surface area (Å²) in [6.45, 7) is 9.68. The summed E-state index contributed by atoms with van der Waals surface area (Å²) in [5.74, 6) is 0. The number of methoxy groups -OCH3 is 1. The van der Waals surface area contributed by atoms with E-state index in [9.17, 15) is 0 Å². The van der Waals surface area contributed by atoms with Crippen LogP contribution in [0.5, 0.6) is 0 Å². The Morgan fingerprint density at radius 3 is 2.56 bits per heavy atom. The average Bonchev–Trinajstić information content (AvgIpc) is 2.28. The molecule has 1 aliphatic rings. The lowest BCUT2D eigenvalue weighted by Gasteiger charge is -2.40. The van der Waals surface area contributed by atoms with Crippen LogP contribution in [0.15, 0.2) is 0 Å². The Kier molecular flexibility index (Phi) is 5.63. The van der Waals surface area contributed by atoms with Crippen molar-refractivity contribution in [2.75, 3.05) is 20.8 Å². The van der Waals surface area contributed by atoms with Gasteiger partial charge < -0.3 is 14.8 Å². The van der Waals surface area contributed by atoms with E-state index in [0.717, 1.165) is 19.4 Å². The monoisotopic (exact) mass is 257 g/mol. The van der Waals surface area contributed by atoms with Crippen molar-refractivity contribution in [3.8, 4) is 0 Å². The minimum atomic E-state index is -0.0840. The summed E-state index contributed by atoms with van der Waals surface area (Å²) >= 11 is 0. The van der Waals surface area contributed by atoms with E-state index in [2.05, 4.69) is 33.0 Å². The molecule has 0 aromatic heterocycles. The number of nitrogens with one attached hydrogen (secondary N) is 1. The smallest absolute Gasteiger partial charge is 0.0733 e. The summed E-state index contributed by atoms with van der Waals surface area (Å²) in [5, 5.41) is 3.40. The predicted molar refractivity (Wildman–Crippen MR) is 75.9 cm³/mol. The molecule has 18 heavy (non-hydrogen) atoms. The van der Waals surface area contributed by atoms with Crippen molar-refractivity contribution in [2.45, 2.75) is 71.1 Å². The third kappa shape index (κ3) is 4.87. The van der Waals surface area contributed by atoms with Gasteiger partial charge in [-0.05, 0) is 52.0 Å². The van der Waals surface area contributed by atoms with Crippen LogP contribution in [0, 0.1) is 5.41 Å². The first kappa shape index (κ1) is 15.9. The van der Waals surface area contributed by atoms with Gasteiger partial charge in [-0.3, -0.25) is 0 Å². The molecule has 0 heterocycles. The lowest BCUT2D eigenvalue weighted by Crippen LogP contribution is -2.46. The fourth-order valence-corrected chi connectivity index (χ4v) is 2.58. The molecule has 0 aromatic carbocycles. The fourth-order valence-electron chi connectivity index (χ4n) is 2.58. The van der Waals surface area contributed by atoms with Crippen LogP contribution >= 0.6 is 0 Å². The molecule has 1 saturated carbocycles. The molecule has 1 rings (SSSR count). The number of likely N-dealkylation sites (N-methyl/N-ethyl adjacent to an activating group) is 1.